The lowest BCUT2D eigenvalue weighted by molar-refractivity contribution is -0.133. The maximum atomic E-state index is 11.8. The van der Waals surface area contributed by atoms with E-state index in [-0.39, 0.29) is 17.7 Å². The van der Waals surface area contributed by atoms with E-state index < -0.39 is 0 Å². The van der Waals surface area contributed by atoms with Gasteiger partial charge in [-0.2, -0.15) is 10.4 Å². The number of benzene rings is 1. The third kappa shape index (κ3) is 2.87. The summed E-state index contributed by atoms with van der Waals surface area (Å²) in [7, 11) is 1.77. The molecule has 4 rings (SSSR count). The average molecular weight is 375 g/mol. The number of nitrogens with zero attached hydrogens (tertiary/aromatic N) is 5. The van der Waals surface area contributed by atoms with Gasteiger partial charge in [0.25, 0.3) is 0 Å². The third-order valence-corrected chi connectivity index (χ3v) is 5.33. The van der Waals surface area contributed by atoms with Crippen LogP contribution in [0, 0.1) is 25.2 Å². The first-order chi connectivity index (χ1) is 13.4. The molecule has 3 aromatic rings. The Morgan fingerprint density at radius 3 is 2.75 bits per heavy atom. The van der Waals surface area contributed by atoms with Crippen molar-refractivity contribution in [3.8, 4) is 23.1 Å². The predicted molar refractivity (Wildman–Crippen MR) is 105 cm³/mol. The molecule has 1 amide bonds. The number of likely N-dealkylation sites (tertiary alicyclic amines) is 1. The van der Waals surface area contributed by atoms with Gasteiger partial charge in [-0.25, -0.2) is 9.67 Å². The third-order valence-electron chi connectivity index (χ3n) is 5.33. The number of aromatic hydroxyl groups is 1. The van der Waals surface area contributed by atoms with Gasteiger partial charge in [0.05, 0.1) is 17.1 Å². The molecule has 2 aromatic heterocycles. The van der Waals surface area contributed by atoms with E-state index in [0.717, 1.165) is 11.1 Å². The molecule has 1 aliphatic rings. The average Bonchev–Trinajstić information content (AvgIpc) is 3.01. The van der Waals surface area contributed by atoms with Crippen molar-refractivity contribution in [2.75, 3.05) is 13.6 Å². The Balaban J connectivity index is 1.82. The number of amides is 1. The molecule has 1 N–H and O–H groups in total. The minimum atomic E-state index is -0.0514. The number of carbonyl (C=O) groups is 1. The summed E-state index contributed by atoms with van der Waals surface area (Å²) >= 11 is 0. The molecule has 0 spiro atoms. The lowest BCUT2D eigenvalue weighted by atomic mass is 10.0. The molecule has 0 aliphatic carbocycles. The number of fused-ring (bicyclic) bond motifs is 1. The highest BCUT2D eigenvalue weighted by atomic mass is 16.3. The highest BCUT2D eigenvalue weighted by Gasteiger charge is 2.28. The van der Waals surface area contributed by atoms with Gasteiger partial charge in [-0.15, -0.1) is 0 Å². The number of hydrogen-bond acceptors (Lipinski definition) is 5. The SMILES string of the molecule is Cc1cc(C)c(-c2ccc3c(C#N)n(C4CCC(=O)N(C)C4)nc3n2)c(O)c1. The lowest BCUT2D eigenvalue weighted by Crippen LogP contribution is -2.38. The minimum Gasteiger partial charge on any atom is -0.507 e. The number of nitriles is 1. The summed E-state index contributed by atoms with van der Waals surface area (Å²) in [5.74, 6) is 0.286. The molecule has 1 aromatic carbocycles. The maximum absolute atomic E-state index is 11.8. The largest absolute Gasteiger partial charge is 0.507 e. The Labute approximate surface area is 162 Å². The molecule has 1 saturated heterocycles. The van der Waals surface area contributed by atoms with Crippen molar-refractivity contribution in [1.29, 1.82) is 5.26 Å². The van der Waals surface area contributed by atoms with Gasteiger partial charge in [0.1, 0.15) is 17.5 Å². The molecule has 1 unspecified atom stereocenters. The summed E-state index contributed by atoms with van der Waals surface area (Å²) in [4.78, 5) is 18.1. The number of phenols is 1. The first-order valence-electron chi connectivity index (χ1n) is 9.23. The van der Waals surface area contributed by atoms with Crippen LogP contribution in [-0.4, -0.2) is 44.3 Å². The topological polar surface area (TPSA) is 95.0 Å². The summed E-state index contributed by atoms with van der Waals surface area (Å²) in [6.07, 6.45) is 1.09. The first kappa shape index (κ1) is 18.0. The summed E-state index contributed by atoms with van der Waals surface area (Å²) < 4.78 is 1.70. The molecule has 7 nitrogen and oxygen atoms in total. The maximum Gasteiger partial charge on any atom is 0.222 e. The van der Waals surface area contributed by atoms with E-state index in [1.807, 2.05) is 32.0 Å². The van der Waals surface area contributed by atoms with E-state index >= 15 is 0 Å². The fourth-order valence-corrected chi connectivity index (χ4v) is 3.97. The normalized spacial score (nSPS) is 17.1. The zero-order valence-electron chi connectivity index (χ0n) is 16.1. The molecule has 1 aliphatic heterocycles. The number of carbonyl (C=O) groups excluding carboxylic acids is 1. The smallest absolute Gasteiger partial charge is 0.222 e. The summed E-state index contributed by atoms with van der Waals surface area (Å²) in [5.41, 5.74) is 4.11. The van der Waals surface area contributed by atoms with Crippen LogP contribution in [-0.2, 0) is 4.79 Å². The van der Waals surface area contributed by atoms with Crippen LogP contribution in [0.15, 0.2) is 24.3 Å². The second-order valence-corrected chi connectivity index (χ2v) is 7.42. The van der Waals surface area contributed by atoms with Crippen LogP contribution in [0.1, 0.15) is 35.7 Å². The number of pyridine rings is 1. The highest BCUT2D eigenvalue weighted by molar-refractivity contribution is 5.84. The van der Waals surface area contributed by atoms with Crippen molar-refractivity contribution in [2.45, 2.75) is 32.7 Å². The quantitative estimate of drug-likeness (QED) is 0.743. The monoisotopic (exact) mass is 375 g/mol. The number of hydrogen-bond donors (Lipinski definition) is 1. The number of phenolic OH excluding ortho intramolecular Hbond substituents is 1. The summed E-state index contributed by atoms with van der Waals surface area (Å²) in [6, 6.07) is 9.53. The second kappa shape index (κ2) is 6.64. The van der Waals surface area contributed by atoms with Gasteiger partial charge in [-0.05, 0) is 49.6 Å². The van der Waals surface area contributed by atoms with Gasteiger partial charge < -0.3 is 10.0 Å². The number of aromatic nitrogens is 3. The van der Waals surface area contributed by atoms with Crippen LogP contribution >= 0.6 is 0 Å². The van der Waals surface area contributed by atoms with Crippen LogP contribution in [0.5, 0.6) is 5.75 Å². The first-order valence-corrected chi connectivity index (χ1v) is 9.23. The van der Waals surface area contributed by atoms with E-state index in [1.165, 1.54) is 0 Å². The zero-order valence-corrected chi connectivity index (χ0v) is 16.1. The highest BCUT2D eigenvalue weighted by Crippen LogP contribution is 2.34. The van der Waals surface area contributed by atoms with Gasteiger partial charge in [0.2, 0.25) is 5.91 Å². The zero-order chi connectivity index (χ0) is 20.0. The van der Waals surface area contributed by atoms with Crippen LogP contribution in [0.2, 0.25) is 0 Å². The van der Waals surface area contributed by atoms with Crippen LogP contribution in [0.3, 0.4) is 0 Å². The molecule has 0 saturated carbocycles. The van der Waals surface area contributed by atoms with Crippen molar-refractivity contribution in [3.63, 3.8) is 0 Å². The van der Waals surface area contributed by atoms with Crippen molar-refractivity contribution in [1.82, 2.24) is 19.7 Å². The van der Waals surface area contributed by atoms with E-state index in [1.54, 1.807) is 22.7 Å². The fourth-order valence-electron chi connectivity index (χ4n) is 3.97. The van der Waals surface area contributed by atoms with E-state index in [0.29, 0.717) is 47.4 Å². The van der Waals surface area contributed by atoms with Gasteiger partial charge in [-0.1, -0.05) is 6.07 Å². The number of piperidine rings is 1. The van der Waals surface area contributed by atoms with Crippen molar-refractivity contribution < 1.29 is 9.90 Å². The molecule has 0 bridgehead atoms. The van der Waals surface area contributed by atoms with Gasteiger partial charge >= 0.3 is 0 Å². The molecular weight excluding hydrogens is 354 g/mol. The minimum absolute atomic E-state index is 0.0514. The molecule has 28 heavy (non-hydrogen) atoms. The number of aryl methyl sites for hydroxylation is 2. The molecule has 1 atom stereocenters. The molecular formula is C21H21N5O2. The molecule has 0 radical (unpaired) electrons. The Kier molecular flexibility index (Phi) is 4.27. The molecule has 3 heterocycles. The Morgan fingerprint density at radius 2 is 2.07 bits per heavy atom. The standard InChI is InChI=1S/C21H21N5O2/c1-12-8-13(2)20(18(27)9-12)16-6-5-15-17(10-22)26(24-21(15)23-16)14-4-7-19(28)25(3)11-14/h5-6,8-9,14,27H,4,7,11H2,1-3H3. The van der Waals surface area contributed by atoms with Gasteiger partial charge in [0, 0.05) is 25.6 Å². The predicted octanol–water partition coefficient (Wildman–Crippen LogP) is 3.09. The molecule has 1 fully saturated rings. The van der Waals surface area contributed by atoms with Crippen molar-refractivity contribution >= 4 is 16.9 Å². The second-order valence-electron chi connectivity index (χ2n) is 7.42. The van der Waals surface area contributed by atoms with Gasteiger partial charge in [0.15, 0.2) is 5.65 Å². The van der Waals surface area contributed by atoms with Crippen molar-refractivity contribution in [2.24, 2.45) is 0 Å². The Bertz CT molecular complexity index is 1120. The molecule has 7 heteroatoms. The number of likely N-dealkylation sites (N-methyl/N-ethyl adjacent to an activating group) is 1. The molecule has 142 valence electrons. The van der Waals surface area contributed by atoms with Crippen LogP contribution in [0.4, 0.5) is 0 Å². The van der Waals surface area contributed by atoms with E-state index in [2.05, 4.69) is 16.2 Å². The fraction of sp³-hybridized carbons (Fsp3) is 0.333. The van der Waals surface area contributed by atoms with Crippen LogP contribution < -0.4 is 0 Å². The van der Waals surface area contributed by atoms with E-state index in [4.69, 9.17) is 0 Å². The van der Waals surface area contributed by atoms with Crippen molar-refractivity contribution in [3.05, 3.63) is 41.1 Å². The summed E-state index contributed by atoms with van der Waals surface area (Å²) in [5, 5.41) is 25.4. The summed E-state index contributed by atoms with van der Waals surface area (Å²) in [6.45, 7) is 4.38. The number of rotatable bonds is 2. The van der Waals surface area contributed by atoms with Gasteiger partial charge in [-0.3, -0.25) is 4.79 Å². The van der Waals surface area contributed by atoms with Crippen LogP contribution in [0.25, 0.3) is 22.3 Å². The van der Waals surface area contributed by atoms with E-state index in [9.17, 15) is 15.2 Å². The Morgan fingerprint density at radius 1 is 1.29 bits per heavy atom. The lowest BCUT2D eigenvalue weighted by Gasteiger charge is -2.29. The Hall–Kier alpha value is -3.40.